The molecule has 0 fully saturated rings. The summed E-state index contributed by atoms with van der Waals surface area (Å²) in [6.45, 7) is -0.568. The molecule has 5 heteroatoms. The molecule has 0 aliphatic rings. The molecule has 0 amide bonds. The van der Waals surface area contributed by atoms with Crippen molar-refractivity contribution in [3.8, 4) is 0 Å². The minimum Gasteiger partial charge on any atom is -0.463 e. The minimum absolute atomic E-state index is 0.162. The van der Waals surface area contributed by atoms with Crippen LogP contribution >= 0.6 is 0 Å². The molecule has 2 rings (SSSR count). The average Bonchev–Trinajstić information content (AvgIpc) is 2.79. The van der Waals surface area contributed by atoms with Gasteiger partial charge in [-0.25, -0.2) is 0 Å². The molecule has 1 atom stereocenters. The van der Waals surface area contributed by atoms with Crippen LogP contribution in [0.2, 0.25) is 0 Å². The van der Waals surface area contributed by atoms with Crippen LogP contribution in [0.15, 0.2) is 30.5 Å². The number of aryl methyl sites for hydroxylation is 2. The van der Waals surface area contributed by atoms with E-state index >= 15 is 0 Å². The lowest BCUT2D eigenvalue weighted by Gasteiger charge is -2.08. The van der Waals surface area contributed by atoms with Crippen molar-refractivity contribution in [3.05, 3.63) is 36.0 Å². The molecule has 0 bridgehead atoms. The Morgan fingerprint density at radius 1 is 1.40 bits per heavy atom. The Hall–Kier alpha value is -1.85. The Kier molecular flexibility index (Phi) is 4.76. The van der Waals surface area contributed by atoms with Gasteiger partial charge in [-0.3, -0.25) is 4.79 Å². The van der Waals surface area contributed by atoms with E-state index in [1.165, 1.54) is 0 Å². The van der Waals surface area contributed by atoms with E-state index in [2.05, 4.69) is 0 Å². The van der Waals surface area contributed by atoms with Gasteiger partial charge in [-0.2, -0.15) is 0 Å². The zero-order chi connectivity index (χ0) is 14.5. The van der Waals surface area contributed by atoms with Gasteiger partial charge in [-0.1, -0.05) is 18.2 Å². The maximum absolute atomic E-state index is 11.6. The normalized spacial score (nSPS) is 12.6. The van der Waals surface area contributed by atoms with Crippen molar-refractivity contribution in [2.24, 2.45) is 7.05 Å². The van der Waals surface area contributed by atoms with Gasteiger partial charge in [0.25, 0.3) is 0 Å². The molecular formula is C15H19NO4. The van der Waals surface area contributed by atoms with Gasteiger partial charge in [0, 0.05) is 30.6 Å². The van der Waals surface area contributed by atoms with Crippen LogP contribution in [-0.2, 0) is 23.0 Å². The number of ether oxygens (including phenoxy) is 1. The molecule has 2 aromatic rings. The Morgan fingerprint density at radius 3 is 2.90 bits per heavy atom. The van der Waals surface area contributed by atoms with E-state index < -0.39 is 12.7 Å². The highest BCUT2D eigenvalue weighted by Gasteiger charge is 2.11. The van der Waals surface area contributed by atoms with E-state index in [9.17, 15) is 4.79 Å². The highest BCUT2D eigenvalue weighted by molar-refractivity contribution is 5.84. The smallest absolute Gasteiger partial charge is 0.306 e. The molecule has 1 unspecified atom stereocenters. The predicted molar refractivity (Wildman–Crippen MR) is 75.3 cm³/mol. The van der Waals surface area contributed by atoms with Crippen LogP contribution in [0, 0.1) is 0 Å². The third kappa shape index (κ3) is 3.37. The van der Waals surface area contributed by atoms with E-state index in [1.807, 2.05) is 42.1 Å². The number of hydrogen-bond donors (Lipinski definition) is 2. The lowest BCUT2D eigenvalue weighted by Crippen LogP contribution is -2.22. The monoisotopic (exact) mass is 277 g/mol. The van der Waals surface area contributed by atoms with Crippen molar-refractivity contribution in [2.75, 3.05) is 13.2 Å². The summed E-state index contributed by atoms with van der Waals surface area (Å²) in [4.78, 5) is 11.6. The molecule has 1 aromatic heterocycles. The molecular weight excluding hydrogens is 258 g/mol. The Bertz CT molecular complexity index is 591. The quantitative estimate of drug-likeness (QED) is 0.773. The molecule has 0 radical (unpaired) electrons. The van der Waals surface area contributed by atoms with E-state index in [1.54, 1.807) is 0 Å². The first-order valence-electron chi connectivity index (χ1n) is 6.59. The second-order valence-corrected chi connectivity index (χ2v) is 4.80. The number of aliphatic hydroxyl groups excluding tert-OH is 2. The van der Waals surface area contributed by atoms with Crippen LogP contribution in [0.1, 0.15) is 12.0 Å². The third-order valence-corrected chi connectivity index (χ3v) is 3.23. The molecule has 1 aromatic carbocycles. The van der Waals surface area contributed by atoms with Crippen LogP contribution in [0.4, 0.5) is 0 Å². The van der Waals surface area contributed by atoms with E-state index in [0.29, 0.717) is 6.42 Å². The Balaban J connectivity index is 1.94. The van der Waals surface area contributed by atoms with Crippen molar-refractivity contribution in [3.63, 3.8) is 0 Å². The van der Waals surface area contributed by atoms with Gasteiger partial charge >= 0.3 is 5.97 Å². The number of rotatable bonds is 6. The van der Waals surface area contributed by atoms with Gasteiger partial charge < -0.3 is 19.5 Å². The summed E-state index contributed by atoms with van der Waals surface area (Å²) >= 11 is 0. The number of fused-ring (bicyclic) bond motifs is 1. The number of aliphatic hydroxyl groups is 2. The van der Waals surface area contributed by atoms with Crippen molar-refractivity contribution < 1.29 is 19.7 Å². The Labute approximate surface area is 117 Å². The number of aromatic nitrogens is 1. The first-order valence-corrected chi connectivity index (χ1v) is 6.59. The highest BCUT2D eigenvalue weighted by Crippen LogP contribution is 2.21. The zero-order valence-corrected chi connectivity index (χ0v) is 11.5. The van der Waals surface area contributed by atoms with Gasteiger partial charge in [0.15, 0.2) is 0 Å². The summed E-state index contributed by atoms with van der Waals surface area (Å²) in [6.07, 6.45) is 1.86. The highest BCUT2D eigenvalue weighted by atomic mass is 16.5. The number of benzene rings is 1. The zero-order valence-electron chi connectivity index (χ0n) is 11.5. The molecule has 0 aliphatic carbocycles. The van der Waals surface area contributed by atoms with Crippen molar-refractivity contribution in [1.29, 1.82) is 0 Å². The van der Waals surface area contributed by atoms with Crippen LogP contribution in [0.5, 0.6) is 0 Å². The van der Waals surface area contributed by atoms with Gasteiger partial charge in [0.2, 0.25) is 0 Å². The summed E-state index contributed by atoms with van der Waals surface area (Å²) in [7, 11) is 1.97. The van der Waals surface area contributed by atoms with Crippen LogP contribution in [-0.4, -0.2) is 40.1 Å². The van der Waals surface area contributed by atoms with E-state index in [-0.39, 0.29) is 19.0 Å². The fourth-order valence-corrected chi connectivity index (χ4v) is 2.18. The first-order chi connectivity index (χ1) is 9.61. The van der Waals surface area contributed by atoms with Crippen molar-refractivity contribution in [1.82, 2.24) is 4.57 Å². The molecule has 2 N–H and O–H groups in total. The lowest BCUT2D eigenvalue weighted by molar-refractivity contribution is -0.147. The average molecular weight is 277 g/mol. The topological polar surface area (TPSA) is 71.7 Å². The molecule has 1 heterocycles. The predicted octanol–water partition coefficient (Wildman–Crippen LogP) is 1.01. The van der Waals surface area contributed by atoms with Gasteiger partial charge in [0.05, 0.1) is 6.61 Å². The second kappa shape index (κ2) is 6.54. The van der Waals surface area contributed by atoms with Crippen LogP contribution in [0.3, 0.4) is 0 Å². The summed E-state index contributed by atoms with van der Waals surface area (Å²) < 4.78 is 6.91. The fraction of sp³-hybridized carbons (Fsp3) is 0.400. The van der Waals surface area contributed by atoms with E-state index in [4.69, 9.17) is 14.9 Å². The summed E-state index contributed by atoms with van der Waals surface area (Å²) in [5, 5.41) is 18.9. The second-order valence-electron chi connectivity index (χ2n) is 4.80. The standard InChI is InChI=1S/C15H19NO4/c1-16-8-11(13-4-2-3-5-14(13)16)6-7-15(19)20-10-12(18)9-17/h2-5,8,12,17-18H,6-7,9-10H2,1H3. The Morgan fingerprint density at radius 2 is 2.15 bits per heavy atom. The maximum Gasteiger partial charge on any atom is 0.306 e. The molecule has 108 valence electrons. The number of hydrogen-bond acceptors (Lipinski definition) is 4. The molecule has 0 saturated carbocycles. The minimum atomic E-state index is -1.00. The van der Waals surface area contributed by atoms with Crippen LogP contribution in [0.25, 0.3) is 10.9 Å². The molecule has 0 aliphatic heterocycles. The van der Waals surface area contributed by atoms with Gasteiger partial charge in [-0.05, 0) is 18.1 Å². The summed E-state index contributed by atoms with van der Waals surface area (Å²) in [6, 6.07) is 8.03. The van der Waals surface area contributed by atoms with Crippen molar-refractivity contribution >= 4 is 16.9 Å². The largest absolute Gasteiger partial charge is 0.463 e. The molecule has 0 saturated heterocycles. The first kappa shape index (κ1) is 14.6. The number of carbonyl (C=O) groups is 1. The third-order valence-electron chi connectivity index (χ3n) is 3.23. The SMILES string of the molecule is Cn1cc(CCC(=O)OCC(O)CO)c2ccccc21. The van der Waals surface area contributed by atoms with Gasteiger partial charge in [-0.15, -0.1) is 0 Å². The molecule has 0 spiro atoms. The number of esters is 1. The van der Waals surface area contributed by atoms with Gasteiger partial charge in [0.1, 0.15) is 12.7 Å². The lowest BCUT2D eigenvalue weighted by atomic mass is 10.1. The summed E-state index contributed by atoms with van der Waals surface area (Å²) in [5.74, 6) is -0.370. The maximum atomic E-state index is 11.6. The molecule has 20 heavy (non-hydrogen) atoms. The number of nitrogens with zero attached hydrogens (tertiary/aromatic N) is 1. The van der Waals surface area contributed by atoms with E-state index in [0.717, 1.165) is 16.5 Å². The summed E-state index contributed by atoms with van der Waals surface area (Å²) in [5.41, 5.74) is 2.23. The van der Waals surface area contributed by atoms with Crippen molar-refractivity contribution in [2.45, 2.75) is 18.9 Å². The number of carbonyl (C=O) groups excluding carboxylic acids is 1. The van der Waals surface area contributed by atoms with Crippen LogP contribution < -0.4 is 0 Å². The molecule has 5 nitrogen and oxygen atoms in total. The number of para-hydroxylation sites is 1. The fourth-order valence-electron chi connectivity index (χ4n) is 2.18.